The number of nitrogens with one attached hydrogen (secondary N) is 4. The summed E-state index contributed by atoms with van der Waals surface area (Å²) in [6.45, 7) is 1.80. The highest BCUT2D eigenvalue weighted by molar-refractivity contribution is 14.1. The summed E-state index contributed by atoms with van der Waals surface area (Å²) in [5.41, 5.74) is 5.07. The Kier molecular flexibility index (Phi) is 12.0. The van der Waals surface area contributed by atoms with Crippen molar-refractivity contribution in [2.75, 3.05) is 13.1 Å². The molecule has 9 nitrogen and oxygen atoms in total. The number of primary amides is 1. The normalized spacial score (nSPS) is 13.0. The number of hydrogen-bond acceptors (Lipinski definition) is 7. The van der Waals surface area contributed by atoms with E-state index in [1.807, 2.05) is 22.9 Å². The van der Waals surface area contributed by atoms with E-state index in [9.17, 15) is 19.2 Å². The fourth-order valence-corrected chi connectivity index (χ4v) is 2.42. The topological polar surface area (TPSA) is 142 Å². The van der Waals surface area contributed by atoms with E-state index in [2.05, 4.69) is 31.7 Å². The van der Waals surface area contributed by atoms with Crippen molar-refractivity contribution >= 4 is 59.2 Å². The van der Waals surface area contributed by atoms with Gasteiger partial charge >= 0.3 is 0 Å². The van der Waals surface area contributed by atoms with Crippen molar-refractivity contribution in [3.05, 3.63) is 0 Å². The number of nitrogens with two attached hydrogens (primary N) is 1. The minimum atomic E-state index is -1.32. The van der Waals surface area contributed by atoms with Crippen LogP contribution in [0.25, 0.3) is 0 Å². The number of halogens is 1. The number of amides is 3. The van der Waals surface area contributed by atoms with E-state index in [1.165, 1.54) is 6.92 Å². The highest BCUT2D eigenvalue weighted by atomic mass is 127. The maximum Gasteiger partial charge on any atom is 0.247 e. The van der Waals surface area contributed by atoms with Crippen molar-refractivity contribution in [1.82, 2.24) is 18.9 Å². The van der Waals surface area contributed by atoms with Crippen LogP contribution in [-0.2, 0) is 19.2 Å². The van der Waals surface area contributed by atoms with Gasteiger partial charge in [0.2, 0.25) is 17.7 Å². The number of ketones is 1. The van der Waals surface area contributed by atoms with Gasteiger partial charge in [0.1, 0.15) is 0 Å². The van der Waals surface area contributed by atoms with Crippen molar-refractivity contribution in [1.29, 1.82) is 0 Å². The molecule has 0 bridgehead atoms. The summed E-state index contributed by atoms with van der Waals surface area (Å²) in [5.74, 6) is -2.04. The van der Waals surface area contributed by atoms with Crippen LogP contribution >= 0.6 is 35.7 Å². The van der Waals surface area contributed by atoms with E-state index in [1.54, 1.807) is 0 Å². The van der Waals surface area contributed by atoms with Crippen LogP contribution in [0.1, 0.15) is 26.2 Å². The van der Waals surface area contributed by atoms with E-state index in [4.69, 9.17) is 5.73 Å². The van der Waals surface area contributed by atoms with Gasteiger partial charge in [-0.25, -0.2) is 3.53 Å². The molecule has 6 N–H and O–H groups in total. The Labute approximate surface area is 154 Å². The highest BCUT2D eigenvalue weighted by Crippen LogP contribution is 2.03. The summed E-state index contributed by atoms with van der Waals surface area (Å²) in [6.07, 6.45) is 1.84. The van der Waals surface area contributed by atoms with Gasteiger partial charge in [-0.1, -0.05) is 12.8 Å². The fourth-order valence-electron chi connectivity index (χ4n) is 1.69. The Morgan fingerprint density at radius 3 is 2.35 bits per heavy atom. The van der Waals surface area contributed by atoms with Crippen molar-refractivity contribution in [3.8, 4) is 0 Å². The SMILES string of the molecule is CC(=O)[C@H](NC(=O)[C@H](CCCCNC(=O)CNS)NI)C(N)=O. The first-order chi connectivity index (χ1) is 10.8. The van der Waals surface area contributed by atoms with Crippen LogP contribution in [-0.4, -0.2) is 48.7 Å². The molecule has 0 aromatic heterocycles. The zero-order valence-electron chi connectivity index (χ0n) is 12.7. The molecule has 0 aliphatic rings. The van der Waals surface area contributed by atoms with Gasteiger partial charge in [0.25, 0.3) is 0 Å². The molecule has 0 fully saturated rings. The Hall–Kier alpha value is -0.920. The quantitative estimate of drug-likeness (QED) is 0.0695. The zero-order chi connectivity index (χ0) is 17.8. The molecule has 23 heavy (non-hydrogen) atoms. The van der Waals surface area contributed by atoms with Gasteiger partial charge in [-0.05, 0) is 26.2 Å². The number of carbonyl (C=O) groups excluding carboxylic acids is 4. The maximum absolute atomic E-state index is 12.0. The number of carbonyl (C=O) groups is 4. The van der Waals surface area contributed by atoms with E-state index < -0.39 is 29.7 Å². The fraction of sp³-hybridized carbons (Fsp3) is 0.667. The first kappa shape index (κ1) is 22.1. The second-order valence-corrected chi connectivity index (χ2v) is 5.74. The van der Waals surface area contributed by atoms with Gasteiger partial charge in [-0.15, -0.1) is 0 Å². The van der Waals surface area contributed by atoms with E-state index in [-0.39, 0.29) is 12.5 Å². The van der Waals surface area contributed by atoms with Crippen LogP contribution in [0.4, 0.5) is 0 Å². The van der Waals surface area contributed by atoms with Crippen molar-refractivity contribution < 1.29 is 19.2 Å². The summed E-state index contributed by atoms with van der Waals surface area (Å²) in [5, 5.41) is 5.01. The van der Waals surface area contributed by atoms with Crippen LogP contribution < -0.4 is 24.6 Å². The molecule has 0 saturated heterocycles. The molecule has 0 rings (SSSR count). The highest BCUT2D eigenvalue weighted by Gasteiger charge is 2.26. The average Bonchev–Trinajstić information content (AvgIpc) is 2.47. The lowest BCUT2D eigenvalue weighted by atomic mass is 10.1. The molecule has 0 aliphatic heterocycles. The van der Waals surface area contributed by atoms with E-state index >= 15 is 0 Å². The van der Waals surface area contributed by atoms with E-state index in [0.717, 1.165) is 0 Å². The summed E-state index contributed by atoms with van der Waals surface area (Å²) in [6, 6.07) is -1.88. The van der Waals surface area contributed by atoms with Gasteiger partial charge in [-0.2, -0.15) is 0 Å². The third-order valence-electron chi connectivity index (χ3n) is 2.91. The maximum atomic E-state index is 12.0. The molecule has 0 heterocycles. The smallest absolute Gasteiger partial charge is 0.247 e. The Morgan fingerprint density at radius 2 is 1.87 bits per heavy atom. The van der Waals surface area contributed by atoms with Crippen molar-refractivity contribution in [2.45, 2.75) is 38.3 Å². The van der Waals surface area contributed by atoms with Crippen LogP contribution in [0.15, 0.2) is 0 Å². The van der Waals surface area contributed by atoms with E-state index in [0.29, 0.717) is 25.8 Å². The molecule has 132 valence electrons. The standard InChI is InChI=1S/C12H22IN5O4S/c1-7(19)10(11(14)21)17-12(22)8(18-13)4-2-3-5-15-9(20)6-16-23/h8,10,16,18,23H,2-6H2,1H3,(H2,14,21)(H,15,20)(H,17,22)/t8-,10-/m0/s1. The first-order valence-corrected chi connectivity index (χ1v) is 8.46. The summed E-state index contributed by atoms with van der Waals surface area (Å²) < 4.78 is 5.23. The molecule has 0 unspecified atom stereocenters. The third kappa shape index (κ3) is 9.73. The van der Waals surface area contributed by atoms with Crippen LogP contribution in [0.2, 0.25) is 0 Å². The van der Waals surface area contributed by atoms with Crippen LogP contribution in [0.5, 0.6) is 0 Å². The molecule has 0 aliphatic carbocycles. The number of hydrogen-bond donors (Lipinski definition) is 6. The molecule has 0 spiro atoms. The number of rotatable bonds is 12. The average molecular weight is 459 g/mol. The van der Waals surface area contributed by atoms with Gasteiger partial charge in [0.15, 0.2) is 11.8 Å². The zero-order valence-corrected chi connectivity index (χ0v) is 15.8. The minimum Gasteiger partial charge on any atom is -0.367 e. The van der Waals surface area contributed by atoms with Crippen LogP contribution in [0, 0.1) is 0 Å². The summed E-state index contributed by atoms with van der Waals surface area (Å²) >= 11 is 5.55. The summed E-state index contributed by atoms with van der Waals surface area (Å²) in [4.78, 5) is 45.6. The first-order valence-electron chi connectivity index (χ1n) is 6.93. The minimum absolute atomic E-state index is 0.128. The second kappa shape index (κ2) is 12.5. The van der Waals surface area contributed by atoms with Crippen LogP contribution in [0.3, 0.4) is 0 Å². The Balaban J connectivity index is 4.18. The third-order valence-corrected chi connectivity index (χ3v) is 3.82. The molecule has 11 heteroatoms. The summed E-state index contributed by atoms with van der Waals surface area (Å²) in [7, 11) is 0. The second-order valence-electron chi connectivity index (χ2n) is 4.80. The van der Waals surface area contributed by atoms with Crippen molar-refractivity contribution in [3.63, 3.8) is 0 Å². The Morgan fingerprint density at radius 1 is 1.22 bits per heavy atom. The molecular weight excluding hydrogens is 437 g/mol. The predicted molar refractivity (Wildman–Crippen MR) is 96.6 cm³/mol. The predicted octanol–water partition coefficient (Wildman–Crippen LogP) is -1.43. The lowest BCUT2D eigenvalue weighted by Crippen LogP contribution is -2.53. The van der Waals surface area contributed by atoms with Gasteiger partial charge < -0.3 is 16.4 Å². The van der Waals surface area contributed by atoms with Crippen molar-refractivity contribution in [2.24, 2.45) is 5.73 Å². The number of thiol groups is 1. The van der Waals surface area contributed by atoms with Gasteiger partial charge in [-0.3, -0.25) is 23.9 Å². The molecular formula is C12H22IN5O4S. The van der Waals surface area contributed by atoms with Gasteiger partial charge in [0.05, 0.1) is 12.6 Å². The Bertz CT molecular complexity index is 424. The molecule has 2 atom stereocenters. The van der Waals surface area contributed by atoms with Gasteiger partial charge in [0, 0.05) is 29.4 Å². The molecule has 0 saturated carbocycles. The number of unbranched alkanes of at least 4 members (excludes halogenated alkanes) is 1. The molecule has 3 amide bonds. The largest absolute Gasteiger partial charge is 0.367 e. The monoisotopic (exact) mass is 459 g/mol. The lowest BCUT2D eigenvalue weighted by Gasteiger charge is -2.18. The molecule has 0 aromatic rings. The molecule has 0 aromatic carbocycles. The molecule has 0 radical (unpaired) electrons. The number of Topliss-reactive ketones (excluding diaryl/α,β-unsaturated/α-hetero) is 1. The lowest BCUT2D eigenvalue weighted by molar-refractivity contribution is -0.134.